The molecule has 154 valence electrons. The van der Waals surface area contributed by atoms with Crippen molar-refractivity contribution in [3.8, 4) is 0 Å². The van der Waals surface area contributed by atoms with Crippen molar-refractivity contribution >= 4 is 17.8 Å². The van der Waals surface area contributed by atoms with E-state index >= 15 is 0 Å². The fourth-order valence-electron chi connectivity index (χ4n) is 3.45. The van der Waals surface area contributed by atoms with E-state index in [2.05, 4.69) is 10.6 Å². The van der Waals surface area contributed by atoms with Crippen LogP contribution in [-0.2, 0) is 25.7 Å². The van der Waals surface area contributed by atoms with Crippen molar-refractivity contribution < 1.29 is 23.5 Å². The second kappa shape index (κ2) is 9.17. The van der Waals surface area contributed by atoms with Crippen LogP contribution in [0.4, 0.5) is 4.39 Å². The van der Waals surface area contributed by atoms with Crippen molar-refractivity contribution in [1.29, 1.82) is 0 Å². The number of rotatable bonds is 7. The zero-order valence-electron chi connectivity index (χ0n) is 16.8. The van der Waals surface area contributed by atoms with E-state index in [1.54, 1.807) is 18.2 Å². The topological polar surface area (TPSA) is 84.5 Å². The summed E-state index contributed by atoms with van der Waals surface area (Å²) in [6.45, 7) is 5.21. The molecule has 28 heavy (non-hydrogen) atoms. The SMILES string of the molecule is CC(C)(C)NC(=O)CC1(C(=O)OCC(=O)NCc2ccccc2F)CCCC1. The van der Waals surface area contributed by atoms with Crippen LogP contribution in [0.1, 0.15) is 58.4 Å². The number of carbonyl (C=O) groups excluding carboxylic acids is 3. The average Bonchev–Trinajstić information content (AvgIpc) is 3.06. The molecule has 2 rings (SSSR count). The minimum absolute atomic E-state index is 0.0161. The summed E-state index contributed by atoms with van der Waals surface area (Å²) in [6.07, 6.45) is 2.88. The molecule has 6 nitrogen and oxygen atoms in total. The lowest BCUT2D eigenvalue weighted by molar-refractivity contribution is -0.160. The Bertz CT molecular complexity index is 721. The molecule has 0 heterocycles. The molecule has 0 saturated heterocycles. The van der Waals surface area contributed by atoms with E-state index < -0.39 is 29.7 Å². The summed E-state index contributed by atoms with van der Waals surface area (Å²) >= 11 is 0. The highest BCUT2D eigenvalue weighted by atomic mass is 19.1. The smallest absolute Gasteiger partial charge is 0.313 e. The number of ether oxygens (including phenoxy) is 1. The number of nitrogens with one attached hydrogen (secondary N) is 2. The normalized spacial score (nSPS) is 15.7. The Kier molecular flexibility index (Phi) is 7.16. The van der Waals surface area contributed by atoms with Gasteiger partial charge in [-0.2, -0.15) is 0 Å². The molecule has 1 aliphatic rings. The molecule has 0 bridgehead atoms. The first-order valence-electron chi connectivity index (χ1n) is 9.60. The van der Waals surface area contributed by atoms with Gasteiger partial charge in [-0.1, -0.05) is 31.0 Å². The number of esters is 1. The monoisotopic (exact) mass is 392 g/mol. The van der Waals surface area contributed by atoms with Crippen LogP contribution in [0.2, 0.25) is 0 Å². The summed E-state index contributed by atoms with van der Waals surface area (Å²) in [4.78, 5) is 37.0. The highest BCUT2D eigenvalue weighted by Crippen LogP contribution is 2.42. The molecule has 1 aromatic carbocycles. The molecule has 1 saturated carbocycles. The Morgan fingerprint density at radius 3 is 2.36 bits per heavy atom. The quantitative estimate of drug-likeness (QED) is 0.699. The molecule has 0 atom stereocenters. The molecule has 0 spiro atoms. The second-order valence-electron chi connectivity index (χ2n) is 8.41. The summed E-state index contributed by atoms with van der Waals surface area (Å²) in [5, 5.41) is 5.41. The van der Waals surface area contributed by atoms with E-state index in [0.29, 0.717) is 18.4 Å². The molecule has 2 amide bonds. The summed E-state index contributed by atoms with van der Waals surface area (Å²) in [6, 6.07) is 6.13. The lowest BCUT2D eigenvalue weighted by atomic mass is 9.82. The maximum Gasteiger partial charge on any atom is 0.313 e. The summed E-state index contributed by atoms with van der Waals surface area (Å²) in [7, 11) is 0. The van der Waals surface area contributed by atoms with Gasteiger partial charge in [-0.15, -0.1) is 0 Å². The van der Waals surface area contributed by atoms with Crippen LogP contribution in [0.5, 0.6) is 0 Å². The van der Waals surface area contributed by atoms with Crippen LogP contribution in [0, 0.1) is 11.2 Å². The number of hydrogen-bond acceptors (Lipinski definition) is 4. The van der Waals surface area contributed by atoms with Gasteiger partial charge in [-0.05, 0) is 39.7 Å². The molecule has 1 aromatic rings. The zero-order valence-corrected chi connectivity index (χ0v) is 16.8. The van der Waals surface area contributed by atoms with Crippen molar-refractivity contribution in [3.63, 3.8) is 0 Å². The van der Waals surface area contributed by atoms with Gasteiger partial charge in [0.05, 0.1) is 5.41 Å². The van der Waals surface area contributed by atoms with E-state index in [9.17, 15) is 18.8 Å². The number of benzene rings is 1. The number of amides is 2. The Balaban J connectivity index is 1.87. The van der Waals surface area contributed by atoms with Gasteiger partial charge in [0.25, 0.3) is 5.91 Å². The minimum atomic E-state index is -0.874. The predicted molar refractivity (Wildman–Crippen MR) is 103 cm³/mol. The van der Waals surface area contributed by atoms with Crippen LogP contribution in [-0.4, -0.2) is 29.9 Å². The molecule has 1 fully saturated rings. The highest BCUT2D eigenvalue weighted by molar-refractivity contribution is 5.88. The molecule has 0 aromatic heterocycles. The van der Waals surface area contributed by atoms with Crippen LogP contribution in [0.3, 0.4) is 0 Å². The number of halogens is 1. The van der Waals surface area contributed by atoms with Gasteiger partial charge >= 0.3 is 5.97 Å². The molecule has 0 unspecified atom stereocenters. The van der Waals surface area contributed by atoms with E-state index in [0.717, 1.165) is 12.8 Å². The van der Waals surface area contributed by atoms with Gasteiger partial charge in [0.2, 0.25) is 5.91 Å². The fraction of sp³-hybridized carbons (Fsp3) is 0.571. The molecule has 7 heteroatoms. The lowest BCUT2D eigenvalue weighted by Crippen LogP contribution is -2.44. The van der Waals surface area contributed by atoms with E-state index in [4.69, 9.17) is 4.74 Å². The van der Waals surface area contributed by atoms with E-state index in [-0.39, 0.29) is 24.4 Å². The van der Waals surface area contributed by atoms with Crippen molar-refractivity contribution in [1.82, 2.24) is 10.6 Å². The Morgan fingerprint density at radius 1 is 1.11 bits per heavy atom. The molecule has 1 aliphatic carbocycles. The molecule has 0 aliphatic heterocycles. The number of hydrogen-bond donors (Lipinski definition) is 2. The van der Waals surface area contributed by atoms with Gasteiger partial charge < -0.3 is 15.4 Å². The van der Waals surface area contributed by atoms with Crippen LogP contribution < -0.4 is 10.6 Å². The predicted octanol–water partition coefficient (Wildman–Crippen LogP) is 2.85. The van der Waals surface area contributed by atoms with Gasteiger partial charge in [-0.3, -0.25) is 14.4 Å². The van der Waals surface area contributed by atoms with Crippen molar-refractivity contribution in [2.45, 2.75) is 65.0 Å². The van der Waals surface area contributed by atoms with Gasteiger partial charge in [0.1, 0.15) is 5.82 Å². The van der Waals surface area contributed by atoms with Crippen molar-refractivity contribution in [3.05, 3.63) is 35.6 Å². The standard InChI is InChI=1S/C21H29FN2O4/c1-20(2,3)24-17(25)12-21(10-6-7-11-21)19(27)28-14-18(26)23-13-15-8-4-5-9-16(15)22/h4-5,8-9H,6-7,10-14H2,1-3H3,(H,23,26)(H,24,25). The van der Waals surface area contributed by atoms with E-state index in [1.807, 2.05) is 20.8 Å². The molecule has 2 N–H and O–H groups in total. The molecule has 0 radical (unpaired) electrons. The van der Waals surface area contributed by atoms with Gasteiger partial charge in [0, 0.05) is 24.1 Å². The fourth-order valence-corrected chi connectivity index (χ4v) is 3.45. The Hall–Kier alpha value is -2.44. The van der Waals surface area contributed by atoms with Crippen molar-refractivity contribution in [2.75, 3.05) is 6.61 Å². The molecular formula is C21H29FN2O4. The summed E-state index contributed by atoms with van der Waals surface area (Å²) in [5.74, 6) is -1.64. The van der Waals surface area contributed by atoms with Crippen molar-refractivity contribution in [2.24, 2.45) is 5.41 Å². The summed E-state index contributed by atoms with van der Waals surface area (Å²) in [5.41, 5.74) is -0.901. The van der Waals surface area contributed by atoms with Crippen LogP contribution >= 0.6 is 0 Å². The van der Waals surface area contributed by atoms with Gasteiger partial charge in [0.15, 0.2) is 6.61 Å². The second-order valence-corrected chi connectivity index (χ2v) is 8.41. The minimum Gasteiger partial charge on any atom is -0.455 e. The third kappa shape index (κ3) is 6.32. The number of carbonyl (C=O) groups is 3. The first-order valence-corrected chi connectivity index (χ1v) is 9.60. The Morgan fingerprint density at radius 2 is 1.75 bits per heavy atom. The summed E-state index contributed by atoms with van der Waals surface area (Å²) < 4.78 is 18.8. The third-order valence-electron chi connectivity index (χ3n) is 4.78. The van der Waals surface area contributed by atoms with Crippen LogP contribution in [0.25, 0.3) is 0 Å². The molecular weight excluding hydrogens is 363 g/mol. The highest BCUT2D eigenvalue weighted by Gasteiger charge is 2.44. The Labute approximate surface area is 165 Å². The zero-order chi connectivity index (χ0) is 20.8. The first kappa shape index (κ1) is 21.9. The van der Waals surface area contributed by atoms with Gasteiger partial charge in [-0.25, -0.2) is 4.39 Å². The maximum atomic E-state index is 13.6. The van der Waals surface area contributed by atoms with E-state index in [1.165, 1.54) is 6.07 Å². The first-order chi connectivity index (χ1) is 13.1. The average molecular weight is 392 g/mol. The lowest BCUT2D eigenvalue weighted by Gasteiger charge is -2.28. The maximum absolute atomic E-state index is 13.6. The third-order valence-corrected chi connectivity index (χ3v) is 4.78. The van der Waals surface area contributed by atoms with Crippen LogP contribution in [0.15, 0.2) is 24.3 Å². The largest absolute Gasteiger partial charge is 0.455 e.